The normalized spacial score (nSPS) is 20.7. The van der Waals surface area contributed by atoms with Gasteiger partial charge in [-0.2, -0.15) is 0 Å². The Bertz CT molecular complexity index is 411. The number of halogens is 2. The van der Waals surface area contributed by atoms with Crippen LogP contribution < -0.4 is 5.32 Å². The Kier molecular flexibility index (Phi) is 5.61. The Morgan fingerprint density at radius 3 is 3.00 bits per heavy atom. The lowest BCUT2D eigenvalue weighted by Crippen LogP contribution is -2.45. The van der Waals surface area contributed by atoms with E-state index in [4.69, 9.17) is 11.6 Å². The van der Waals surface area contributed by atoms with Crippen LogP contribution in [-0.4, -0.2) is 30.6 Å². The molecule has 19 heavy (non-hydrogen) atoms. The average Bonchev–Trinajstić information content (AvgIpc) is 2.41. The van der Waals surface area contributed by atoms with Gasteiger partial charge in [0.1, 0.15) is 5.82 Å². The minimum absolute atomic E-state index is 0.194. The van der Waals surface area contributed by atoms with Gasteiger partial charge in [-0.05, 0) is 38.1 Å². The van der Waals surface area contributed by atoms with Crippen LogP contribution in [0.25, 0.3) is 0 Å². The third-order valence-corrected chi connectivity index (χ3v) is 4.00. The summed E-state index contributed by atoms with van der Waals surface area (Å²) in [5, 5.41) is 3.86. The molecule has 1 aliphatic heterocycles. The summed E-state index contributed by atoms with van der Waals surface area (Å²) in [6, 6.07) is 5.49. The number of rotatable bonds is 5. The van der Waals surface area contributed by atoms with Crippen molar-refractivity contribution in [3.63, 3.8) is 0 Å². The van der Waals surface area contributed by atoms with Crippen molar-refractivity contribution in [2.24, 2.45) is 0 Å². The number of hydrogen-bond donors (Lipinski definition) is 1. The summed E-state index contributed by atoms with van der Waals surface area (Å²) < 4.78 is 13.9. The van der Waals surface area contributed by atoms with E-state index in [-0.39, 0.29) is 5.82 Å². The van der Waals surface area contributed by atoms with Crippen molar-refractivity contribution in [2.75, 3.05) is 19.6 Å². The molecule has 1 fully saturated rings. The molecule has 0 radical (unpaired) electrons. The van der Waals surface area contributed by atoms with Gasteiger partial charge in [-0.15, -0.1) is 0 Å². The maximum atomic E-state index is 13.9. The minimum Gasteiger partial charge on any atom is -0.315 e. The lowest BCUT2D eigenvalue weighted by atomic mass is 10.0. The molecule has 1 heterocycles. The molecule has 1 aromatic rings. The molecule has 2 rings (SSSR count). The summed E-state index contributed by atoms with van der Waals surface area (Å²) >= 11 is 5.79. The summed E-state index contributed by atoms with van der Waals surface area (Å²) in [5.74, 6) is -0.194. The molecule has 0 spiro atoms. The fraction of sp³-hybridized carbons (Fsp3) is 0.600. The number of piperidine rings is 1. The molecule has 0 aliphatic carbocycles. The first-order valence-electron chi connectivity index (χ1n) is 7.09. The molecule has 1 N–H and O–H groups in total. The Balaban J connectivity index is 2.02. The Morgan fingerprint density at radius 2 is 2.26 bits per heavy atom. The lowest BCUT2D eigenvalue weighted by Gasteiger charge is -2.36. The Labute approximate surface area is 119 Å². The lowest BCUT2D eigenvalue weighted by molar-refractivity contribution is 0.136. The van der Waals surface area contributed by atoms with Crippen LogP contribution in [0.5, 0.6) is 0 Å². The summed E-state index contributed by atoms with van der Waals surface area (Å²) in [7, 11) is 0. The van der Waals surface area contributed by atoms with Crippen LogP contribution in [-0.2, 0) is 6.54 Å². The predicted octanol–water partition coefficient (Wildman–Crippen LogP) is 3.44. The van der Waals surface area contributed by atoms with Gasteiger partial charge in [0.15, 0.2) is 0 Å². The molecule has 4 heteroatoms. The summed E-state index contributed by atoms with van der Waals surface area (Å²) in [5.41, 5.74) is 0.743. The number of likely N-dealkylation sites (N-methyl/N-ethyl adjacent to an activating group) is 1. The first-order chi connectivity index (χ1) is 9.20. The van der Waals surface area contributed by atoms with E-state index in [2.05, 4.69) is 17.1 Å². The highest BCUT2D eigenvalue weighted by Gasteiger charge is 2.22. The third-order valence-electron chi connectivity index (χ3n) is 3.77. The SMILES string of the molecule is CCNCC1CCCCN1Cc1ccc(Cl)cc1F. The van der Waals surface area contributed by atoms with E-state index >= 15 is 0 Å². The quantitative estimate of drug-likeness (QED) is 0.891. The number of hydrogen-bond acceptors (Lipinski definition) is 2. The van der Waals surface area contributed by atoms with Crippen molar-refractivity contribution in [3.05, 3.63) is 34.6 Å². The van der Waals surface area contributed by atoms with Gasteiger partial charge in [0, 0.05) is 29.7 Å². The van der Waals surface area contributed by atoms with Crippen molar-refractivity contribution < 1.29 is 4.39 Å². The average molecular weight is 285 g/mol. The standard InChI is InChI=1S/C15H22ClFN2/c1-2-18-10-14-5-3-4-8-19(14)11-12-6-7-13(16)9-15(12)17/h6-7,9,14,18H,2-5,8,10-11H2,1H3. The second-order valence-electron chi connectivity index (χ2n) is 5.16. The maximum Gasteiger partial charge on any atom is 0.129 e. The van der Waals surface area contributed by atoms with E-state index in [1.165, 1.54) is 25.3 Å². The topological polar surface area (TPSA) is 15.3 Å². The molecule has 0 aromatic heterocycles. The smallest absolute Gasteiger partial charge is 0.129 e. The monoisotopic (exact) mass is 284 g/mol. The molecule has 1 atom stereocenters. The first kappa shape index (κ1) is 14.8. The van der Waals surface area contributed by atoms with Crippen molar-refractivity contribution in [3.8, 4) is 0 Å². The Morgan fingerprint density at radius 1 is 1.42 bits per heavy atom. The zero-order valence-electron chi connectivity index (χ0n) is 11.5. The highest BCUT2D eigenvalue weighted by atomic mass is 35.5. The van der Waals surface area contributed by atoms with Gasteiger partial charge in [0.05, 0.1) is 0 Å². The molecule has 1 saturated heterocycles. The predicted molar refractivity (Wildman–Crippen MR) is 78.0 cm³/mol. The van der Waals surface area contributed by atoms with E-state index in [0.29, 0.717) is 17.6 Å². The molecule has 1 aromatic carbocycles. The van der Waals surface area contributed by atoms with Crippen LogP contribution in [0.2, 0.25) is 5.02 Å². The largest absolute Gasteiger partial charge is 0.315 e. The van der Waals surface area contributed by atoms with Crippen LogP contribution in [0, 0.1) is 5.82 Å². The van der Waals surface area contributed by atoms with Gasteiger partial charge in [0.2, 0.25) is 0 Å². The van der Waals surface area contributed by atoms with Crippen LogP contribution in [0.15, 0.2) is 18.2 Å². The number of likely N-dealkylation sites (tertiary alicyclic amines) is 1. The second kappa shape index (κ2) is 7.22. The van der Waals surface area contributed by atoms with Crippen molar-refractivity contribution >= 4 is 11.6 Å². The molecule has 1 unspecified atom stereocenters. The number of benzene rings is 1. The fourth-order valence-corrected chi connectivity index (χ4v) is 2.84. The van der Waals surface area contributed by atoms with Crippen LogP contribution >= 0.6 is 11.6 Å². The molecular weight excluding hydrogens is 263 g/mol. The minimum atomic E-state index is -0.194. The summed E-state index contributed by atoms with van der Waals surface area (Å²) in [6.45, 7) is 5.83. The Hall–Kier alpha value is -0.640. The van der Waals surface area contributed by atoms with E-state index in [9.17, 15) is 4.39 Å². The molecular formula is C15H22ClFN2. The summed E-state index contributed by atoms with van der Waals surface area (Å²) in [6.07, 6.45) is 3.68. The van der Waals surface area contributed by atoms with E-state index in [0.717, 1.165) is 25.2 Å². The molecule has 106 valence electrons. The molecule has 0 bridgehead atoms. The molecule has 2 nitrogen and oxygen atoms in total. The first-order valence-corrected chi connectivity index (χ1v) is 7.47. The molecule has 1 aliphatic rings. The zero-order chi connectivity index (χ0) is 13.7. The van der Waals surface area contributed by atoms with Crippen LogP contribution in [0.4, 0.5) is 4.39 Å². The zero-order valence-corrected chi connectivity index (χ0v) is 12.2. The third kappa shape index (κ3) is 4.16. The van der Waals surface area contributed by atoms with Gasteiger partial charge >= 0.3 is 0 Å². The van der Waals surface area contributed by atoms with Crippen molar-refractivity contribution in [2.45, 2.75) is 38.8 Å². The molecule has 0 amide bonds. The second-order valence-corrected chi connectivity index (χ2v) is 5.60. The highest BCUT2D eigenvalue weighted by Crippen LogP contribution is 2.22. The van der Waals surface area contributed by atoms with Gasteiger partial charge in [-0.3, -0.25) is 4.90 Å². The fourth-order valence-electron chi connectivity index (χ4n) is 2.68. The number of nitrogens with one attached hydrogen (secondary N) is 1. The van der Waals surface area contributed by atoms with Gasteiger partial charge < -0.3 is 5.32 Å². The van der Waals surface area contributed by atoms with Gasteiger partial charge in [0.25, 0.3) is 0 Å². The van der Waals surface area contributed by atoms with E-state index < -0.39 is 0 Å². The summed E-state index contributed by atoms with van der Waals surface area (Å²) in [4.78, 5) is 2.39. The number of nitrogens with zero attached hydrogens (tertiary/aromatic N) is 1. The van der Waals surface area contributed by atoms with Crippen LogP contribution in [0.1, 0.15) is 31.7 Å². The highest BCUT2D eigenvalue weighted by molar-refractivity contribution is 6.30. The van der Waals surface area contributed by atoms with Crippen molar-refractivity contribution in [1.29, 1.82) is 0 Å². The molecule has 0 saturated carbocycles. The van der Waals surface area contributed by atoms with Crippen LogP contribution in [0.3, 0.4) is 0 Å². The van der Waals surface area contributed by atoms with Crippen molar-refractivity contribution in [1.82, 2.24) is 10.2 Å². The van der Waals surface area contributed by atoms with E-state index in [1.54, 1.807) is 12.1 Å². The van der Waals surface area contributed by atoms with E-state index in [1.807, 2.05) is 0 Å². The van der Waals surface area contributed by atoms with Gasteiger partial charge in [-0.25, -0.2) is 4.39 Å². The maximum absolute atomic E-state index is 13.9. The van der Waals surface area contributed by atoms with Gasteiger partial charge in [-0.1, -0.05) is 31.0 Å².